The van der Waals surface area contributed by atoms with Crippen LogP contribution < -0.4 is 0 Å². The molecular formula is C10H7NO4. The fraction of sp³-hybridized carbons (Fsp3) is 0.100. The summed E-state index contributed by atoms with van der Waals surface area (Å²) in [5.74, 6) is -1.04. The molecule has 0 bridgehead atoms. The van der Waals surface area contributed by atoms with Crippen LogP contribution in [-0.2, 0) is 4.74 Å². The fourth-order valence-corrected chi connectivity index (χ4v) is 1.14. The first kappa shape index (κ1) is 10.7. The second-order valence-corrected chi connectivity index (χ2v) is 2.68. The highest BCUT2D eigenvalue weighted by atomic mass is 16.5. The first-order chi connectivity index (χ1) is 7.13. The molecule has 0 atom stereocenters. The first-order valence-corrected chi connectivity index (χ1v) is 3.94. The maximum Gasteiger partial charge on any atom is 0.338 e. The lowest BCUT2D eigenvalue weighted by Crippen LogP contribution is -2.06. The number of nitriles is 1. The van der Waals surface area contributed by atoms with Crippen molar-refractivity contribution in [2.24, 2.45) is 0 Å². The number of carbonyl (C=O) groups excluding carboxylic acids is 2. The number of aldehydes is 1. The zero-order chi connectivity index (χ0) is 11.4. The van der Waals surface area contributed by atoms with Crippen LogP contribution in [0.4, 0.5) is 0 Å². The van der Waals surface area contributed by atoms with Gasteiger partial charge in [-0.3, -0.25) is 4.79 Å². The predicted molar refractivity (Wildman–Crippen MR) is 49.5 cm³/mol. The Kier molecular flexibility index (Phi) is 3.03. The number of esters is 1. The van der Waals surface area contributed by atoms with Gasteiger partial charge in [-0.2, -0.15) is 5.26 Å². The smallest absolute Gasteiger partial charge is 0.338 e. The quantitative estimate of drug-likeness (QED) is 0.571. The van der Waals surface area contributed by atoms with Crippen molar-refractivity contribution in [2.75, 3.05) is 7.11 Å². The van der Waals surface area contributed by atoms with E-state index in [1.54, 1.807) is 6.07 Å². The zero-order valence-corrected chi connectivity index (χ0v) is 7.85. The van der Waals surface area contributed by atoms with Crippen LogP contribution in [0.15, 0.2) is 12.1 Å². The number of phenolic OH excluding ortho intramolecular Hbond substituents is 1. The number of hydrogen-bond donors (Lipinski definition) is 1. The van der Waals surface area contributed by atoms with E-state index in [0.717, 1.165) is 19.2 Å². The summed E-state index contributed by atoms with van der Waals surface area (Å²) in [4.78, 5) is 21.9. The van der Waals surface area contributed by atoms with E-state index in [2.05, 4.69) is 4.74 Å². The molecule has 0 aliphatic heterocycles. The molecule has 0 unspecified atom stereocenters. The summed E-state index contributed by atoms with van der Waals surface area (Å²) in [5.41, 5.74) is -0.267. The van der Waals surface area contributed by atoms with E-state index in [4.69, 9.17) is 5.26 Å². The Labute approximate surface area is 85.5 Å². The van der Waals surface area contributed by atoms with E-state index >= 15 is 0 Å². The van der Waals surface area contributed by atoms with Crippen LogP contribution in [0.25, 0.3) is 0 Å². The Morgan fingerprint density at radius 3 is 2.73 bits per heavy atom. The zero-order valence-electron chi connectivity index (χ0n) is 7.85. The van der Waals surface area contributed by atoms with Gasteiger partial charge < -0.3 is 9.84 Å². The molecular weight excluding hydrogens is 198 g/mol. The van der Waals surface area contributed by atoms with E-state index in [1.165, 1.54) is 0 Å². The number of rotatable bonds is 2. The van der Waals surface area contributed by atoms with Crippen LogP contribution in [0.5, 0.6) is 5.75 Å². The van der Waals surface area contributed by atoms with Crippen LogP contribution in [0, 0.1) is 11.3 Å². The second-order valence-electron chi connectivity index (χ2n) is 2.68. The maximum atomic E-state index is 11.2. The fourth-order valence-electron chi connectivity index (χ4n) is 1.14. The van der Waals surface area contributed by atoms with Crippen LogP contribution in [0.3, 0.4) is 0 Å². The lowest BCUT2D eigenvalue weighted by molar-refractivity contribution is 0.0598. The largest absolute Gasteiger partial charge is 0.508 e. The molecule has 0 amide bonds. The molecule has 0 saturated carbocycles. The summed E-state index contributed by atoms with van der Waals surface area (Å²) in [6.45, 7) is 0. The molecule has 0 radical (unpaired) electrons. The van der Waals surface area contributed by atoms with Gasteiger partial charge >= 0.3 is 5.97 Å². The summed E-state index contributed by atoms with van der Waals surface area (Å²) in [5, 5.41) is 17.9. The number of carbonyl (C=O) groups is 2. The Morgan fingerprint density at radius 1 is 1.60 bits per heavy atom. The molecule has 0 aliphatic carbocycles. The molecule has 15 heavy (non-hydrogen) atoms. The van der Waals surface area contributed by atoms with Gasteiger partial charge in [0.25, 0.3) is 0 Å². The lowest BCUT2D eigenvalue weighted by atomic mass is 10.0. The number of ether oxygens (including phenoxy) is 1. The van der Waals surface area contributed by atoms with Crippen LogP contribution >= 0.6 is 0 Å². The van der Waals surface area contributed by atoms with Crippen LogP contribution in [0.2, 0.25) is 0 Å². The average Bonchev–Trinajstić information content (AvgIpc) is 2.26. The highest BCUT2D eigenvalue weighted by Crippen LogP contribution is 2.20. The number of hydrogen-bond acceptors (Lipinski definition) is 5. The van der Waals surface area contributed by atoms with E-state index in [0.29, 0.717) is 6.29 Å². The van der Waals surface area contributed by atoms with E-state index < -0.39 is 5.97 Å². The Bertz CT molecular complexity index is 459. The summed E-state index contributed by atoms with van der Waals surface area (Å²) < 4.78 is 4.41. The van der Waals surface area contributed by atoms with E-state index in [9.17, 15) is 14.7 Å². The number of nitrogens with zero attached hydrogens (tertiary/aromatic N) is 1. The van der Waals surface area contributed by atoms with Gasteiger partial charge in [0.05, 0.1) is 18.2 Å². The third-order valence-corrected chi connectivity index (χ3v) is 1.81. The van der Waals surface area contributed by atoms with Gasteiger partial charge in [0.1, 0.15) is 11.8 Å². The van der Waals surface area contributed by atoms with Gasteiger partial charge in [-0.1, -0.05) is 0 Å². The summed E-state index contributed by atoms with van der Waals surface area (Å²) in [6.07, 6.45) is 0.379. The molecule has 0 heterocycles. The van der Waals surface area contributed by atoms with Crippen molar-refractivity contribution < 1.29 is 19.4 Å². The minimum absolute atomic E-state index is 0.0644. The standard InChI is InChI=1S/C10H7NO4/c1-15-10(14)8-3-7(13)2-6(4-11)9(8)5-12/h2-3,5,13H,1H3. The second kappa shape index (κ2) is 4.24. The normalized spacial score (nSPS) is 9.07. The minimum atomic E-state index is -0.774. The number of phenols is 1. The third kappa shape index (κ3) is 1.94. The lowest BCUT2D eigenvalue weighted by Gasteiger charge is -2.04. The van der Waals surface area contributed by atoms with Crippen molar-refractivity contribution in [1.29, 1.82) is 5.26 Å². The molecule has 0 aromatic heterocycles. The highest BCUT2D eigenvalue weighted by molar-refractivity contribution is 6.00. The topological polar surface area (TPSA) is 87.4 Å². The number of benzene rings is 1. The van der Waals surface area contributed by atoms with Gasteiger partial charge in [0.15, 0.2) is 6.29 Å². The Hall–Kier alpha value is -2.35. The SMILES string of the molecule is COC(=O)c1cc(O)cc(C#N)c1C=O. The molecule has 1 N–H and O–H groups in total. The van der Waals surface area contributed by atoms with Crippen LogP contribution in [-0.4, -0.2) is 24.5 Å². The van der Waals surface area contributed by atoms with Gasteiger partial charge in [0, 0.05) is 5.56 Å². The average molecular weight is 205 g/mol. The summed E-state index contributed by atoms with van der Waals surface area (Å²) in [6, 6.07) is 3.89. The molecule has 76 valence electrons. The molecule has 1 aromatic rings. The van der Waals surface area contributed by atoms with Gasteiger partial charge in [0.2, 0.25) is 0 Å². The first-order valence-electron chi connectivity index (χ1n) is 3.94. The highest BCUT2D eigenvalue weighted by Gasteiger charge is 2.16. The summed E-state index contributed by atoms with van der Waals surface area (Å²) in [7, 11) is 1.15. The van der Waals surface area contributed by atoms with Crippen molar-refractivity contribution in [2.45, 2.75) is 0 Å². The predicted octanol–water partition coefficient (Wildman–Crippen LogP) is 0.863. The molecule has 0 saturated heterocycles. The summed E-state index contributed by atoms with van der Waals surface area (Å²) >= 11 is 0. The monoisotopic (exact) mass is 205 g/mol. The number of methoxy groups -OCH3 is 1. The third-order valence-electron chi connectivity index (χ3n) is 1.81. The van der Waals surface area contributed by atoms with Crippen molar-refractivity contribution in [3.05, 3.63) is 28.8 Å². The van der Waals surface area contributed by atoms with Gasteiger partial charge in [-0.15, -0.1) is 0 Å². The van der Waals surface area contributed by atoms with Crippen molar-refractivity contribution in [3.63, 3.8) is 0 Å². The van der Waals surface area contributed by atoms with E-state index in [1.807, 2.05) is 0 Å². The molecule has 0 fully saturated rings. The maximum absolute atomic E-state index is 11.2. The van der Waals surface area contributed by atoms with Gasteiger partial charge in [-0.05, 0) is 12.1 Å². The van der Waals surface area contributed by atoms with Crippen molar-refractivity contribution >= 4 is 12.3 Å². The molecule has 0 aliphatic rings. The Morgan fingerprint density at radius 2 is 2.27 bits per heavy atom. The molecule has 1 aromatic carbocycles. The molecule has 5 nitrogen and oxygen atoms in total. The van der Waals surface area contributed by atoms with Gasteiger partial charge in [-0.25, -0.2) is 4.79 Å². The van der Waals surface area contributed by atoms with E-state index in [-0.39, 0.29) is 22.4 Å². The molecule has 1 rings (SSSR count). The number of aromatic hydroxyl groups is 1. The Balaban J connectivity index is 3.50. The van der Waals surface area contributed by atoms with Crippen molar-refractivity contribution in [3.8, 4) is 11.8 Å². The molecule has 5 heteroatoms. The molecule has 0 spiro atoms. The minimum Gasteiger partial charge on any atom is -0.508 e. The van der Waals surface area contributed by atoms with Crippen molar-refractivity contribution in [1.82, 2.24) is 0 Å². The van der Waals surface area contributed by atoms with Crippen LogP contribution in [0.1, 0.15) is 26.3 Å².